The summed E-state index contributed by atoms with van der Waals surface area (Å²) in [6.45, 7) is 0.942. The molecule has 0 atom stereocenters. The van der Waals surface area contributed by atoms with E-state index in [0.717, 1.165) is 12.4 Å². The zero-order valence-corrected chi connectivity index (χ0v) is 13.1. The van der Waals surface area contributed by atoms with Gasteiger partial charge in [0.05, 0.1) is 6.61 Å². The molecule has 0 fully saturated rings. The lowest BCUT2D eigenvalue weighted by atomic mass is 10.4. The van der Waals surface area contributed by atoms with Crippen LogP contribution in [0.1, 0.15) is 19.8 Å². The molecule has 0 saturated heterocycles. The second kappa shape index (κ2) is 9.22. The van der Waals surface area contributed by atoms with E-state index in [2.05, 4.69) is 9.73 Å². The summed E-state index contributed by atoms with van der Waals surface area (Å²) < 4.78 is 78.0. The maximum absolute atomic E-state index is 12.2. The molecule has 0 saturated carbocycles. The third kappa shape index (κ3) is 8.91. The Hall–Kier alpha value is -2.34. The summed E-state index contributed by atoms with van der Waals surface area (Å²) in [6, 6.07) is 0. The van der Waals surface area contributed by atoms with Crippen molar-refractivity contribution >= 4 is 23.7 Å². The molecule has 0 aliphatic heterocycles. The fraction of sp³-hybridized carbons (Fsp3) is 0.667. The summed E-state index contributed by atoms with van der Waals surface area (Å²) in [7, 11) is 0.847. The Kier molecular flexibility index (Phi) is 8.36. The van der Waals surface area contributed by atoms with Crippen LogP contribution in [0.25, 0.3) is 0 Å². The summed E-state index contributed by atoms with van der Waals surface area (Å²) in [5.41, 5.74) is 0. The fourth-order valence-corrected chi connectivity index (χ4v) is 1.19. The lowest BCUT2D eigenvalue weighted by Gasteiger charge is -2.21. The maximum Gasteiger partial charge on any atom is 0.473 e. The normalized spacial score (nSPS) is 12.6. The van der Waals surface area contributed by atoms with Crippen LogP contribution in [0.2, 0.25) is 0 Å². The van der Waals surface area contributed by atoms with Crippen molar-refractivity contribution in [3.8, 4) is 0 Å². The van der Waals surface area contributed by atoms with E-state index in [9.17, 15) is 40.7 Å². The first kappa shape index (κ1) is 22.7. The van der Waals surface area contributed by atoms with E-state index in [1.807, 2.05) is 0 Å². The molecule has 7 nitrogen and oxygen atoms in total. The summed E-state index contributed by atoms with van der Waals surface area (Å²) in [6.07, 6.45) is -9.74. The molecular weight excluding hydrogens is 364 g/mol. The number of halogens is 6. The first-order valence-corrected chi connectivity index (χ1v) is 6.73. The summed E-state index contributed by atoms with van der Waals surface area (Å²) in [5.74, 6) is -7.80. The zero-order chi connectivity index (χ0) is 19.8. The first-order valence-electron chi connectivity index (χ1n) is 6.73. The minimum Gasteiger partial charge on any atom is -0.464 e. The van der Waals surface area contributed by atoms with Gasteiger partial charge in [-0.15, -0.1) is 0 Å². The smallest absolute Gasteiger partial charge is 0.464 e. The van der Waals surface area contributed by atoms with E-state index >= 15 is 0 Å². The van der Waals surface area contributed by atoms with Crippen molar-refractivity contribution in [2.45, 2.75) is 32.1 Å². The highest BCUT2D eigenvalue weighted by Gasteiger charge is 2.42. The van der Waals surface area contributed by atoms with Crippen molar-refractivity contribution in [3.63, 3.8) is 0 Å². The minimum atomic E-state index is -5.48. The highest BCUT2D eigenvalue weighted by Crippen LogP contribution is 2.17. The summed E-state index contributed by atoms with van der Waals surface area (Å²) in [5, 5.41) is 1.02. The Balaban J connectivity index is 5.24. The van der Waals surface area contributed by atoms with Gasteiger partial charge in [-0.25, -0.2) is 0 Å². The number of guanidine groups is 1. The number of aliphatic imine (C=N–C) groups is 1. The molecular formula is C12H15F6N3O4. The number of unbranched alkanes of at least 4 members (excludes halogenated alkanes) is 1. The largest absolute Gasteiger partial charge is 0.473 e. The molecule has 144 valence electrons. The second-order valence-electron chi connectivity index (χ2n) is 4.62. The van der Waals surface area contributed by atoms with Gasteiger partial charge in [-0.1, -0.05) is 13.3 Å². The number of likely N-dealkylation sites (N-methyl/N-ethyl adjacent to an activating group) is 1. The van der Waals surface area contributed by atoms with Crippen LogP contribution in [-0.4, -0.2) is 61.2 Å². The monoisotopic (exact) mass is 379 g/mol. The van der Waals surface area contributed by atoms with Crippen LogP contribution in [0, 0.1) is 0 Å². The van der Waals surface area contributed by atoms with E-state index in [1.54, 1.807) is 6.92 Å². The summed E-state index contributed by atoms with van der Waals surface area (Å²) in [4.78, 5) is 35.9. The number of ether oxygens (including phenoxy) is 1. The third-order valence-corrected chi connectivity index (χ3v) is 2.42. The Bertz CT molecular complexity index is 530. The van der Waals surface area contributed by atoms with Crippen LogP contribution in [0.3, 0.4) is 0 Å². The topological polar surface area (TPSA) is 88.1 Å². The summed E-state index contributed by atoms with van der Waals surface area (Å²) >= 11 is 0. The highest BCUT2D eigenvalue weighted by molar-refractivity contribution is 6.05. The molecule has 0 radical (unpaired) electrons. The van der Waals surface area contributed by atoms with Crippen molar-refractivity contribution in [2.75, 3.05) is 20.2 Å². The molecule has 25 heavy (non-hydrogen) atoms. The van der Waals surface area contributed by atoms with Crippen LogP contribution in [0.4, 0.5) is 26.3 Å². The SMILES string of the molecule is CCCCOC(=O)CN(C)C(=NC(=O)C(F)(F)F)NC(=O)C(F)(F)F. The van der Waals surface area contributed by atoms with Gasteiger partial charge in [0.15, 0.2) is 0 Å². The standard InChI is InChI=1S/C12H15F6N3O4/c1-3-4-5-25-7(22)6-21(2)10(19-8(23)11(13,14)15)20-9(24)12(16,17)18/h3-6H2,1-2H3,(H,19,20,23,24). The molecule has 0 rings (SSSR count). The van der Waals surface area contributed by atoms with Crippen molar-refractivity contribution in [1.29, 1.82) is 0 Å². The first-order chi connectivity index (χ1) is 11.3. The van der Waals surface area contributed by atoms with Gasteiger partial charge in [0.2, 0.25) is 5.96 Å². The number of hydrogen-bond acceptors (Lipinski definition) is 4. The van der Waals surface area contributed by atoms with Crippen LogP contribution in [0.15, 0.2) is 4.99 Å². The quantitative estimate of drug-likeness (QED) is 0.256. The van der Waals surface area contributed by atoms with Gasteiger partial charge < -0.3 is 9.64 Å². The van der Waals surface area contributed by atoms with Gasteiger partial charge in [0, 0.05) is 7.05 Å². The van der Waals surface area contributed by atoms with Crippen molar-refractivity contribution in [2.24, 2.45) is 4.99 Å². The van der Waals surface area contributed by atoms with Crippen LogP contribution in [-0.2, 0) is 19.1 Å². The van der Waals surface area contributed by atoms with E-state index < -0.39 is 42.6 Å². The van der Waals surface area contributed by atoms with Crippen molar-refractivity contribution in [3.05, 3.63) is 0 Å². The Morgan fingerprint density at radius 1 is 1.08 bits per heavy atom. The Morgan fingerprint density at radius 2 is 1.64 bits per heavy atom. The molecule has 0 aromatic heterocycles. The molecule has 13 heteroatoms. The van der Waals surface area contributed by atoms with Gasteiger partial charge in [-0.3, -0.25) is 19.7 Å². The molecule has 0 spiro atoms. The van der Waals surface area contributed by atoms with Crippen molar-refractivity contribution in [1.82, 2.24) is 10.2 Å². The number of alkyl halides is 6. The Labute approximate surface area is 138 Å². The molecule has 0 unspecified atom stereocenters. The van der Waals surface area contributed by atoms with E-state index in [-0.39, 0.29) is 6.61 Å². The zero-order valence-electron chi connectivity index (χ0n) is 13.1. The third-order valence-electron chi connectivity index (χ3n) is 2.42. The van der Waals surface area contributed by atoms with Crippen LogP contribution in [0.5, 0.6) is 0 Å². The van der Waals surface area contributed by atoms with E-state index in [4.69, 9.17) is 0 Å². The predicted octanol–water partition coefficient (Wildman–Crippen LogP) is 1.38. The molecule has 0 aromatic carbocycles. The number of nitrogens with zero attached hydrogens (tertiary/aromatic N) is 2. The molecule has 1 N–H and O–H groups in total. The number of rotatable bonds is 5. The lowest BCUT2D eigenvalue weighted by molar-refractivity contribution is -0.172. The number of carbonyl (C=O) groups excluding carboxylic acids is 3. The van der Waals surface area contributed by atoms with Gasteiger partial charge in [0.25, 0.3) is 0 Å². The Morgan fingerprint density at radius 3 is 2.08 bits per heavy atom. The fourth-order valence-electron chi connectivity index (χ4n) is 1.19. The van der Waals surface area contributed by atoms with E-state index in [1.165, 1.54) is 0 Å². The average Bonchev–Trinajstić information content (AvgIpc) is 2.44. The predicted molar refractivity (Wildman–Crippen MR) is 71.2 cm³/mol. The van der Waals surface area contributed by atoms with Crippen molar-refractivity contribution < 1.29 is 45.5 Å². The number of nitrogens with one attached hydrogen (secondary N) is 1. The number of amides is 2. The number of esters is 1. The lowest BCUT2D eigenvalue weighted by Crippen LogP contribution is -2.49. The van der Waals surface area contributed by atoms with Crippen LogP contribution >= 0.6 is 0 Å². The van der Waals surface area contributed by atoms with Gasteiger partial charge >= 0.3 is 30.1 Å². The number of carbonyl (C=O) groups is 3. The molecule has 0 aromatic rings. The maximum atomic E-state index is 12.2. The number of hydrogen-bond donors (Lipinski definition) is 1. The molecule has 0 aliphatic rings. The highest BCUT2D eigenvalue weighted by atomic mass is 19.4. The molecule has 0 bridgehead atoms. The average molecular weight is 379 g/mol. The van der Waals surface area contributed by atoms with Gasteiger partial charge in [-0.05, 0) is 6.42 Å². The molecule has 2 amide bonds. The van der Waals surface area contributed by atoms with Gasteiger partial charge in [-0.2, -0.15) is 31.3 Å². The van der Waals surface area contributed by atoms with Crippen LogP contribution < -0.4 is 5.32 Å². The molecule has 0 heterocycles. The van der Waals surface area contributed by atoms with E-state index in [0.29, 0.717) is 17.7 Å². The minimum absolute atomic E-state index is 0.00790. The molecule has 0 aliphatic carbocycles. The van der Waals surface area contributed by atoms with Gasteiger partial charge in [0.1, 0.15) is 6.54 Å². The second-order valence-corrected chi connectivity index (χ2v) is 4.62.